The minimum Gasteiger partial charge on any atom is -0.496 e. The molecule has 3 aromatic rings. The molecule has 0 amide bonds. The number of hydrogen-bond acceptors (Lipinski definition) is 7. The lowest BCUT2D eigenvalue weighted by Gasteiger charge is -2.22. The number of allylic oxidation sites excluding steroid dienone is 1. The van der Waals surface area contributed by atoms with E-state index in [0.717, 1.165) is 34.6 Å². The fraction of sp³-hybridized carbons (Fsp3) is 0.556. The standard InChI is InChI=1S/C22H29N7O2.2C2H6.CH5N/c1-5-15-9-24-19(8-18(15)31-7-6-23)28-12-16(10-25-28)17-11-26-29-21(17)27-14(4)20(13(2)3)22(29)30;3*1-2/h8,10-13,15,26H,5-7,9,23H2,1-4H3;2*1-2H3;2H2,1H3. The Kier molecular flexibility index (Phi) is 13.6. The number of nitrogens with zero attached hydrogens (tertiary/aromatic N) is 5. The summed E-state index contributed by atoms with van der Waals surface area (Å²) in [4.78, 5) is 22.3. The molecule has 0 saturated carbocycles. The molecule has 0 spiro atoms. The Morgan fingerprint density at radius 3 is 2.49 bits per heavy atom. The fourth-order valence-corrected chi connectivity index (χ4v) is 3.99. The maximum absolute atomic E-state index is 12.9. The number of H-pyrrole nitrogens is 1. The molecule has 0 radical (unpaired) electrons. The first-order chi connectivity index (χ1) is 17.9. The van der Waals surface area contributed by atoms with E-state index in [1.807, 2.05) is 60.7 Å². The van der Waals surface area contributed by atoms with Crippen molar-refractivity contribution in [1.82, 2.24) is 24.4 Å². The van der Waals surface area contributed by atoms with Gasteiger partial charge in [-0.15, -0.1) is 0 Å². The smallest absolute Gasteiger partial charge is 0.276 e. The van der Waals surface area contributed by atoms with Gasteiger partial charge >= 0.3 is 0 Å². The van der Waals surface area contributed by atoms with Gasteiger partial charge in [0, 0.05) is 53.3 Å². The molecule has 0 fully saturated rings. The monoisotopic (exact) mass is 514 g/mol. The Hall–Kier alpha value is -3.24. The van der Waals surface area contributed by atoms with Crippen molar-refractivity contribution in [2.75, 3.05) is 26.7 Å². The van der Waals surface area contributed by atoms with E-state index >= 15 is 0 Å². The molecule has 4 heterocycles. The van der Waals surface area contributed by atoms with Crippen LogP contribution in [0.5, 0.6) is 0 Å². The second-order valence-electron chi connectivity index (χ2n) is 8.08. The van der Waals surface area contributed by atoms with Crippen LogP contribution in [0.4, 0.5) is 0 Å². The largest absolute Gasteiger partial charge is 0.496 e. The highest BCUT2D eigenvalue weighted by atomic mass is 16.5. The number of rotatable bonds is 6. The minimum atomic E-state index is -0.0666. The number of aromatic amines is 1. The first-order valence-corrected chi connectivity index (χ1v) is 13.3. The van der Waals surface area contributed by atoms with E-state index in [9.17, 15) is 4.79 Å². The molecule has 3 aromatic heterocycles. The van der Waals surface area contributed by atoms with Crippen LogP contribution < -0.4 is 17.0 Å². The molecule has 1 aliphatic heterocycles. The Bertz CT molecular complexity index is 1220. The van der Waals surface area contributed by atoms with Gasteiger partial charge in [0.05, 0.1) is 19.3 Å². The highest BCUT2D eigenvalue weighted by Crippen LogP contribution is 2.25. The van der Waals surface area contributed by atoms with Gasteiger partial charge < -0.3 is 16.2 Å². The summed E-state index contributed by atoms with van der Waals surface area (Å²) in [7, 11) is 1.50. The Balaban J connectivity index is 0.00000106. The quantitative estimate of drug-likeness (QED) is 0.452. The summed E-state index contributed by atoms with van der Waals surface area (Å²) in [5.41, 5.74) is 13.7. The SMILES string of the molecule is CC.CC.CCC1CN=C(n2cc(-c3c[nH]n4c(=O)c(C(C)C)c(C)nc34)cn2)C=C1OCCN.CN. The van der Waals surface area contributed by atoms with Crippen LogP contribution in [-0.2, 0) is 4.74 Å². The molecule has 0 aromatic carbocycles. The maximum atomic E-state index is 12.9. The maximum Gasteiger partial charge on any atom is 0.276 e. The second kappa shape index (κ2) is 15.8. The van der Waals surface area contributed by atoms with Gasteiger partial charge in [0.25, 0.3) is 5.56 Å². The van der Waals surface area contributed by atoms with Gasteiger partial charge in [-0.25, -0.2) is 14.2 Å². The third-order valence-corrected chi connectivity index (χ3v) is 5.62. The number of nitrogens with two attached hydrogens (primary N) is 2. The number of aliphatic imine (C=N–C) groups is 1. The Morgan fingerprint density at radius 2 is 1.89 bits per heavy atom. The predicted molar refractivity (Wildman–Crippen MR) is 153 cm³/mol. The molecule has 1 atom stereocenters. The van der Waals surface area contributed by atoms with Gasteiger partial charge in [-0.2, -0.15) is 5.10 Å². The normalized spacial score (nSPS) is 14.4. The molecule has 1 aliphatic rings. The highest BCUT2D eigenvalue weighted by molar-refractivity contribution is 5.96. The van der Waals surface area contributed by atoms with E-state index in [0.29, 0.717) is 31.2 Å². The van der Waals surface area contributed by atoms with Crippen LogP contribution in [0, 0.1) is 12.8 Å². The molecule has 4 rings (SSSR count). The molecular weight excluding hydrogens is 468 g/mol. The van der Waals surface area contributed by atoms with Crippen molar-refractivity contribution in [3.05, 3.63) is 52.0 Å². The third-order valence-electron chi connectivity index (χ3n) is 5.62. The molecule has 0 saturated heterocycles. The van der Waals surface area contributed by atoms with Gasteiger partial charge in [0.1, 0.15) is 5.76 Å². The van der Waals surface area contributed by atoms with Crippen molar-refractivity contribution in [3.63, 3.8) is 0 Å². The van der Waals surface area contributed by atoms with Crippen molar-refractivity contribution >= 4 is 11.5 Å². The van der Waals surface area contributed by atoms with Gasteiger partial charge in [-0.3, -0.25) is 14.9 Å². The molecule has 1 unspecified atom stereocenters. The number of aryl methyl sites for hydroxylation is 1. The van der Waals surface area contributed by atoms with Gasteiger partial charge in [0.2, 0.25) is 0 Å². The number of ether oxygens (including phenoxy) is 1. The van der Waals surface area contributed by atoms with Crippen LogP contribution in [0.25, 0.3) is 16.8 Å². The zero-order chi connectivity index (χ0) is 28.1. The topological polar surface area (TPSA) is 142 Å². The predicted octanol–water partition coefficient (Wildman–Crippen LogP) is 4.09. The number of dihydropyridines is 1. The summed E-state index contributed by atoms with van der Waals surface area (Å²) in [6.07, 6.45) is 8.31. The zero-order valence-electron chi connectivity index (χ0n) is 24.0. The van der Waals surface area contributed by atoms with E-state index in [2.05, 4.69) is 27.8 Å². The lowest BCUT2D eigenvalue weighted by Crippen LogP contribution is -2.23. The lowest BCUT2D eigenvalue weighted by atomic mass is 10.0. The molecular formula is C27H46N8O2. The van der Waals surface area contributed by atoms with E-state index in [1.165, 1.54) is 11.6 Å². The van der Waals surface area contributed by atoms with E-state index in [-0.39, 0.29) is 17.4 Å². The fourth-order valence-electron chi connectivity index (χ4n) is 3.99. The number of fused-ring (bicyclic) bond motifs is 1. The van der Waals surface area contributed by atoms with Crippen LogP contribution in [0.1, 0.15) is 72.1 Å². The third kappa shape index (κ3) is 7.17. The summed E-state index contributed by atoms with van der Waals surface area (Å²) in [5.74, 6) is 1.97. The van der Waals surface area contributed by atoms with Gasteiger partial charge in [-0.1, -0.05) is 48.5 Å². The first-order valence-electron chi connectivity index (χ1n) is 13.3. The van der Waals surface area contributed by atoms with Crippen LogP contribution in [-0.4, -0.2) is 57.0 Å². The van der Waals surface area contributed by atoms with Gasteiger partial charge in [-0.05, 0) is 26.3 Å². The van der Waals surface area contributed by atoms with Crippen molar-refractivity contribution < 1.29 is 4.74 Å². The first kappa shape index (κ1) is 31.8. The molecule has 10 nitrogen and oxygen atoms in total. The summed E-state index contributed by atoms with van der Waals surface area (Å²) >= 11 is 0. The van der Waals surface area contributed by atoms with Crippen LogP contribution >= 0.6 is 0 Å². The molecule has 206 valence electrons. The number of hydrogen-bond donors (Lipinski definition) is 3. The number of nitrogens with one attached hydrogen (secondary N) is 1. The van der Waals surface area contributed by atoms with E-state index in [4.69, 9.17) is 15.5 Å². The van der Waals surface area contributed by atoms with Crippen molar-refractivity contribution in [1.29, 1.82) is 0 Å². The molecule has 0 bridgehead atoms. The average molecular weight is 515 g/mol. The summed E-state index contributed by atoms with van der Waals surface area (Å²) in [6.45, 7) is 17.6. The lowest BCUT2D eigenvalue weighted by molar-refractivity contribution is 0.183. The molecule has 10 heteroatoms. The molecule has 0 aliphatic carbocycles. The van der Waals surface area contributed by atoms with Crippen LogP contribution in [0.15, 0.2) is 40.2 Å². The van der Waals surface area contributed by atoms with Crippen LogP contribution in [0.3, 0.4) is 0 Å². The van der Waals surface area contributed by atoms with E-state index < -0.39 is 0 Å². The summed E-state index contributed by atoms with van der Waals surface area (Å²) in [5, 5.41) is 7.53. The Morgan fingerprint density at radius 1 is 1.22 bits per heavy atom. The highest BCUT2D eigenvalue weighted by Gasteiger charge is 2.21. The van der Waals surface area contributed by atoms with Crippen molar-refractivity contribution in [2.45, 2.75) is 67.7 Å². The Labute approximate surface area is 220 Å². The zero-order valence-corrected chi connectivity index (χ0v) is 24.0. The van der Waals surface area contributed by atoms with Crippen LogP contribution in [0.2, 0.25) is 0 Å². The van der Waals surface area contributed by atoms with E-state index in [1.54, 1.807) is 17.1 Å². The summed E-state index contributed by atoms with van der Waals surface area (Å²) < 4.78 is 9.07. The van der Waals surface area contributed by atoms with Crippen molar-refractivity contribution in [3.8, 4) is 11.1 Å². The molecule has 5 N–H and O–H groups in total. The number of aromatic nitrogens is 5. The van der Waals surface area contributed by atoms with Crippen molar-refractivity contribution in [2.24, 2.45) is 22.4 Å². The minimum absolute atomic E-state index is 0.0666. The summed E-state index contributed by atoms with van der Waals surface area (Å²) in [6, 6.07) is 0. The average Bonchev–Trinajstić information content (AvgIpc) is 3.58. The van der Waals surface area contributed by atoms with Gasteiger partial charge in [0.15, 0.2) is 11.5 Å². The molecule has 37 heavy (non-hydrogen) atoms. The second-order valence-corrected chi connectivity index (χ2v) is 8.08.